The summed E-state index contributed by atoms with van der Waals surface area (Å²) in [6.07, 6.45) is -4.24. The molecule has 11 nitrogen and oxygen atoms in total. The molecule has 6 N–H and O–H groups in total. The number of benzene rings is 1. The van der Waals surface area contributed by atoms with E-state index in [4.69, 9.17) is 18.9 Å². The van der Waals surface area contributed by atoms with Crippen molar-refractivity contribution in [1.29, 1.82) is 0 Å². The Kier molecular flexibility index (Phi) is 8.30. The predicted molar refractivity (Wildman–Crippen MR) is 123 cm³/mol. The highest BCUT2D eigenvalue weighted by Gasteiger charge is 2.54. The number of fused-ring (bicyclic) bond motifs is 1. The molecule has 2 heterocycles. The largest absolute Gasteiger partial charge is 0.508 e. The number of rotatable bonds is 7. The van der Waals surface area contributed by atoms with E-state index in [1.54, 1.807) is 18.2 Å². The molecular weight excluding hydrogens is 476 g/mol. The Balaban J connectivity index is 1.47. The van der Waals surface area contributed by atoms with Crippen molar-refractivity contribution in [1.82, 2.24) is 0 Å². The first kappa shape index (κ1) is 26.6. The van der Waals surface area contributed by atoms with Crippen LogP contribution >= 0.6 is 0 Å². The Labute approximate surface area is 207 Å². The molecule has 1 saturated heterocycles. The number of phenolic OH excluding ortho intramolecular Hbond substituents is 1. The molecule has 4 rings (SSSR count). The van der Waals surface area contributed by atoms with Gasteiger partial charge in [0.1, 0.15) is 36.3 Å². The maximum absolute atomic E-state index is 12.6. The molecule has 1 aromatic carbocycles. The number of aromatic hydroxyl groups is 1. The molecule has 1 aromatic rings. The average Bonchev–Trinajstić information content (AvgIpc) is 3.24. The van der Waals surface area contributed by atoms with Crippen LogP contribution in [0.5, 0.6) is 5.75 Å². The highest BCUT2D eigenvalue weighted by molar-refractivity contribution is 5.87. The third kappa shape index (κ3) is 5.42. The van der Waals surface area contributed by atoms with Gasteiger partial charge in [-0.05, 0) is 48.6 Å². The highest BCUT2D eigenvalue weighted by atomic mass is 16.8. The number of hydrogen-bond donors (Lipinski definition) is 6. The quantitative estimate of drug-likeness (QED) is 0.209. The molecule has 1 aliphatic carbocycles. The van der Waals surface area contributed by atoms with Gasteiger partial charge in [-0.1, -0.05) is 12.1 Å². The number of carbonyl (C=O) groups excluding carboxylic acids is 1. The van der Waals surface area contributed by atoms with Crippen LogP contribution in [-0.2, 0) is 23.7 Å². The van der Waals surface area contributed by atoms with E-state index in [9.17, 15) is 35.4 Å². The Morgan fingerprint density at radius 2 is 1.78 bits per heavy atom. The minimum absolute atomic E-state index is 0.115. The first-order chi connectivity index (χ1) is 17.2. The van der Waals surface area contributed by atoms with E-state index < -0.39 is 61.6 Å². The third-order valence-electron chi connectivity index (χ3n) is 7.05. The summed E-state index contributed by atoms with van der Waals surface area (Å²) >= 11 is 0. The summed E-state index contributed by atoms with van der Waals surface area (Å²) in [4.78, 5) is 12.6. The number of aliphatic hydroxyl groups excluding tert-OH is 5. The Hall–Kier alpha value is -2.51. The first-order valence-electron chi connectivity index (χ1n) is 11.8. The minimum Gasteiger partial charge on any atom is -0.508 e. The van der Waals surface area contributed by atoms with Gasteiger partial charge in [0.15, 0.2) is 6.29 Å². The molecule has 0 radical (unpaired) electrons. The van der Waals surface area contributed by atoms with Crippen LogP contribution in [0.3, 0.4) is 0 Å². The Bertz CT molecular complexity index is 959. The van der Waals surface area contributed by atoms with Gasteiger partial charge < -0.3 is 49.6 Å². The van der Waals surface area contributed by atoms with Crippen LogP contribution in [-0.4, -0.2) is 92.9 Å². The van der Waals surface area contributed by atoms with Gasteiger partial charge in [0.2, 0.25) is 6.29 Å². The molecule has 2 aliphatic heterocycles. The van der Waals surface area contributed by atoms with Gasteiger partial charge in [0.25, 0.3) is 0 Å². The lowest BCUT2D eigenvalue weighted by atomic mass is 9.83. The molecule has 198 valence electrons. The molecule has 36 heavy (non-hydrogen) atoms. The molecule has 1 saturated carbocycles. The summed E-state index contributed by atoms with van der Waals surface area (Å²) in [5, 5.41) is 59.3. The molecule has 0 aromatic heterocycles. The number of phenols is 1. The SMILES string of the molecule is CC1=CO[C@@H](O[C@H]2O[C@@H](CO)[C@H](O)[C@@H](O)[C@@H]2O)[C@@H]2[C@H](CO)C[C@@H](OC(=O)/C=C/c3ccc(O)cc3)[C@@H]12. The second kappa shape index (κ2) is 11.3. The lowest BCUT2D eigenvalue weighted by Crippen LogP contribution is -2.60. The summed E-state index contributed by atoms with van der Waals surface area (Å²) in [6, 6.07) is 6.31. The van der Waals surface area contributed by atoms with Crippen LogP contribution in [0.1, 0.15) is 18.9 Å². The van der Waals surface area contributed by atoms with Gasteiger partial charge in [-0.2, -0.15) is 0 Å². The molecule has 11 heteroatoms. The maximum atomic E-state index is 12.6. The average molecular weight is 509 g/mol. The molecule has 0 spiro atoms. The zero-order chi connectivity index (χ0) is 26.0. The van der Waals surface area contributed by atoms with Crippen LogP contribution in [0.25, 0.3) is 6.08 Å². The second-order valence-corrected chi connectivity index (χ2v) is 9.38. The van der Waals surface area contributed by atoms with Crippen LogP contribution in [0, 0.1) is 17.8 Å². The fourth-order valence-corrected chi connectivity index (χ4v) is 5.17. The van der Waals surface area contributed by atoms with E-state index in [0.717, 1.165) is 5.57 Å². The van der Waals surface area contributed by atoms with Crippen molar-refractivity contribution < 1.29 is 54.4 Å². The first-order valence-corrected chi connectivity index (χ1v) is 11.8. The number of aliphatic hydroxyl groups is 5. The maximum Gasteiger partial charge on any atom is 0.331 e. The summed E-state index contributed by atoms with van der Waals surface area (Å²) in [5.74, 6) is -1.64. The molecule has 0 unspecified atom stereocenters. The van der Waals surface area contributed by atoms with Crippen molar-refractivity contribution in [3.05, 3.63) is 47.7 Å². The van der Waals surface area contributed by atoms with Gasteiger partial charge in [-0.3, -0.25) is 0 Å². The summed E-state index contributed by atoms with van der Waals surface area (Å²) < 4.78 is 22.7. The predicted octanol–water partition coefficient (Wildman–Crippen LogP) is -0.362. The second-order valence-electron chi connectivity index (χ2n) is 9.38. The smallest absolute Gasteiger partial charge is 0.331 e. The Morgan fingerprint density at radius 3 is 2.44 bits per heavy atom. The highest BCUT2D eigenvalue weighted by Crippen LogP contribution is 2.48. The summed E-state index contributed by atoms with van der Waals surface area (Å²) in [7, 11) is 0. The normalized spacial score (nSPS) is 38.3. The van der Waals surface area contributed by atoms with Crippen LogP contribution in [0.15, 0.2) is 42.2 Å². The fourth-order valence-electron chi connectivity index (χ4n) is 5.17. The number of hydrogen-bond acceptors (Lipinski definition) is 11. The van der Waals surface area contributed by atoms with Gasteiger partial charge in [-0.25, -0.2) is 4.79 Å². The Morgan fingerprint density at radius 1 is 1.06 bits per heavy atom. The van der Waals surface area contributed by atoms with Crippen LogP contribution < -0.4 is 0 Å². The number of ether oxygens (including phenoxy) is 4. The van der Waals surface area contributed by atoms with Crippen molar-refractivity contribution in [2.24, 2.45) is 17.8 Å². The molecule has 10 atom stereocenters. The standard InChI is InChI=1S/C25H32O11/c1-12-11-33-24(36-25-23(32)22(31)21(30)17(10-27)35-25)20-14(9-26)8-16(19(12)20)34-18(29)7-4-13-2-5-15(28)6-3-13/h2-7,11,14,16-17,19-28,30-32H,8-10H2,1H3/b7-4+/t14-,16+,17-,19+,20+,21-,22+,23-,24-,25+/m0/s1. The topological polar surface area (TPSA) is 175 Å². The molecule has 2 fully saturated rings. The van der Waals surface area contributed by atoms with Gasteiger partial charge in [-0.15, -0.1) is 0 Å². The molecule has 0 bridgehead atoms. The van der Waals surface area contributed by atoms with E-state index in [1.807, 2.05) is 6.92 Å². The number of esters is 1. The monoisotopic (exact) mass is 508 g/mol. The molecular formula is C25H32O11. The van der Waals surface area contributed by atoms with Crippen molar-refractivity contribution in [2.45, 2.75) is 56.4 Å². The summed E-state index contributed by atoms with van der Waals surface area (Å²) in [6.45, 7) is 0.981. The van der Waals surface area contributed by atoms with E-state index >= 15 is 0 Å². The third-order valence-corrected chi connectivity index (χ3v) is 7.05. The van der Waals surface area contributed by atoms with Crippen molar-refractivity contribution in [3.8, 4) is 5.75 Å². The fraction of sp³-hybridized carbons (Fsp3) is 0.560. The van der Waals surface area contributed by atoms with Gasteiger partial charge in [0, 0.05) is 24.5 Å². The van der Waals surface area contributed by atoms with Crippen molar-refractivity contribution in [3.63, 3.8) is 0 Å². The van der Waals surface area contributed by atoms with Gasteiger partial charge in [0.05, 0.1) is 12.9 Å². The zero-order valence-corrected chi connectivity index (χ0v) is 19.7. The van der Waals surface area contributed by atoms with E-state index in [1.165, 1.54) is 24.5 Å². The lowest BCUT2D eigenvalue weighted by Gasteiger charge is -2.43. The number of carbonyl (C=O) groups is 1. The minimum atomic E-state index is -1.61. The van der Waals surface area contributed by atoms with Crippen LogP contribution in [0.2, 0.25) is 0 Å². The lowest BCUT2D eigenvalue weighted by molar-refractivity contribution is -0.343. The van der Waals surface area contributed by atoms with E-state index in [2.05, 4.69) is 0 Å². The van der Waals surface area contributed by atoms with Gasteiger partial charge >= 0.3 is 5.97 Å². The van der Waals surface area contributed by atoms with E-state index in [0.29, 0.717) is 12.0 Å². The van der Waals surface area contributed by atoms with Crippen molar-refractivity contribution in [2.75, 3.05) is 13.2 Å². The molecule has 0 amide bonds. The van der Waals surface area contributed by atoms with Crippen LogP contribution in [0.4, 0.5) is 0 Å². The zero-order valence-electron chi connectivity index (χ0n) is 19.7. The van der Waals surface area contributed by atoms with E-state index in [-0.39, 0.29) is 24.2 Å². The summed E-state index contributed by atoms with van der Waals surface area (Å²) in [5.41, 5.74) is 1.49. The van der Waals surface area contributed by atoms with Crippen molar-refractivity contribution >= 4 is 12.0 Å². The molecule has 3 aliphatic rings.